The molecule has 3 aromatic rings. The van der Waals surface area contributed by atoms with Crippen LogP contribution in [0.15, 0.2) is 51.7 Å². The molecule has 0 unspecified atom stereocenters. The molecule has 0 bridgehead atoms. The van der Waals surface area contributed by atoms with Crippen LogP contribution in [-0.2, 0) is 0 Å². The Kier molecular flexibility index (Phi) is 10.2. The van der Waals surface area contributed by atoms with E-state index in [4.69, 9.17) is 20.8 Å². The zero-order valence-electron chi connectivity index (χ0n) is 22.1. The highest BCUT2D eigenvalue weighted by atomic mass is 35.5. The lowest BCUT2D eigenvalue weighted by Gasteiger charge is -2.18. The zero-order chi connectivity index (χ0) is 25.5. The monoisotopic (exact) mass is 484 g/mol. The summed E-state index contributed by atoms with van der Waals surface area (Å²) >= 11 is 6.01. The van der Waals surface area contributed by atoms with E-state index in [1.165, 1.54) is 6.42 Å². The molecule has 0 saturated carbocycles. The van der Waals surface area contributed by atoms with E-state index in [1.54, 1.807) is 18.2 Å². The Morgan fingerprint density at radius 3 is 2.12 bits per heavy atom. The van der Waals surface area contributed by atoms with Gasteiger partial charge >= 0.3 is 0 Å². The van der Waals surface area contributed by atoms with Crippen molar-refractivity contribution >= 4 is 22.6 Å². The average Bonchev–Trinajstić information content (AvgIpc) is 2.79. The van der Waals surface area contributed by atoms with E-state index in [9.17, 15) is 4.79 Å². The molecular formula is C30H41ClO3. The number of rotatable bonds is 7. The van der Waals surface area contributed by atoms with Crippen molar-refractivity contribution in [3.05, 3.63) is 63.5 Å². The molecule has 0 N–H and O–H groups in total. The fraction of sp³-hybridized carbons (Fsp3) is 0.500. The van der Waals surface area contributed by atoms with E-state index >= 15 is 0 Å². The lowest BCUT2D eigenvalue weighted by Crippen LogP contribution is -2.15. The van der Waals surface area contributed by atoms with Crippen molar-refractivity contribution in [1.29, 1.82) is 0 Å². The normalized spacial score (nSPS) is 12.4. The molecule has 2 aromatic carbocycles. The first-order chi connectivity index (χ1) is 16.0. The average molecular weight is 485 g/mol. The molecule has 1 aromatic heterocycles. The molecule has 1 heterocycles. The maximum Gasteiger partial charge on any atom is 0.200 e. The van der Waals surface area contributed by atoms with E-state index in [-0.39, 0.29) is 17.5 Å². The molecule has 0 amide bonds. The second-order valence-electron chi connectivity index (χ2n) is 10.3. The third kappa shape index (κ3) is 7.63. The molecule has 4 heteroatoms. The zero-order valence-corrected chi connectivity index (χ0v) is 22.9. The largest absolute Gasteiger partial charge is 0.490 e. The summed E-state index contributed by atoms with van der Waals surface area (Å²) in [5.41, 5.74) is 2.50. The van der Waals surface area contributed by atoms with Crippen LogP contribution in [0, 0.1) is 5.41 Å². The van der Waals surface area contributed by atoms with Gasteiger partial charge in [-0.05, 0) is 48.1 Å². The van der Waals surface area contributed by atoms with Crippen LogP contribution in [0.1, 0.15) is 92.8 Å². The lowest BCUT2D eigenvalue weighted by atomic mass is 9.94. The molecule has 34 heavy (non-hydrogen) atoms. The summed E-state index contributed by atoms with van der Waals surface area (Å²) in [5, 5.41) is 1.20. The summed E-state index contributed by atoms with van der Waals surface area (Å²) in [6, 6.07) is 12.8. The Morgan fingerprint density at radius 1 is 1.00 bits per heavy atom. The van der Waals surface area contributed by atoms with Gasteiger partial charge in [0.25, 0.3) is 0 Å². The highest BCUT2D eigenvalue weighted by molar-refractivity contribution is 6.30. The smallest absolute Gasteiger partial charge is 0.200 e. The number of halogens is 1. The number of hydrogen-bond acceptors (Lipinski definition) is 3. The van der Waals surface area contributed by atoms with Crippen molar-refractivity contribution in [3.8, 4) is 16.9 Å². The number of benzene rings is 2. The second-order valence-corrected chi connectivity index (χ2v) is 10.8. The maximum atomic E-state index is 13.3. The summed E-state index contributed by atoms with van der Waals surface area (Å²) in [4.78, 5) is 13.3. The van der Waals surface area contributed by atoms with Crippen LogP contribution in [0.2, 0.25) is 5.02 Å². The molecule has 1 atom stereocenters. The first-order valence-electron chi connectivity index (χ1n) is 12.5. The van der Waals surface area contributed by atoms with Crippen LogP contribution in [0.5, 0.6) is 5.75 Å². The molecule has 3 nitrogen and oxygen atoms in total. The maximum absolute atomic E-state index is 13.3. The highest BCUT2D eigenvalue weighted by Gasteiger charge is 2.19. The van der Waals surface area contributed by atoms with Crippen molar-refractivity contribution in [2.75, 3.05) is 0 Å². The van der Waals surface area contributed by atoms with Gasteiger partial charge in [-0.25, -0.2) is 0 Å². The van der Waals surface area contributed by atoms with Gasteiger partial charge in [0.05, 0.1) is 17.1 Å². The molecular weight excluding hydrogens is 444 g/mol. The summed E-state index contributed by atoms with van der Waals surface area (Å²) < 4.78 is 12.3. The van der Waals surface area contributed by atoms with Gasteiger partial charge in [0.15, 0.2) is 0 Å². The summed E-state index contributed by atoms with van der Waals surface area (Å²) in [5.74, 6) is 1.48. The Hall–Kier alpha value is -2.26. The van der Waals surface area contributed by atoms with Crippen LogP contribution in [0.4, 0.5) is 0 Å². The predicted molar refractivity (Wildman–Crippen MR) is 146 cm³/mol. The van der Waals surface area contributed by atoms with E-state index in [1.807, 2.05) is 38.1 Å². The minimum atomic E-state index is -0.0283. The first-order valence-corrected chi connectivity index (χ1v) is 12.9. The first kappa shape index (κ1) is 28.0. The summed E-state index contributed by atoms with van der Waals surface area (Å²) in [6.45, 7) is 17.3. The van der Waals surface area contributed by atoms with E-state index in [2.05, 4.69) is 41.5 Å². The molecule has 3 rings (SSSR count). The molecule has 0 radical (unpaired) electrons. The van der Waals surface area contributed by atoms with Gasteiger partial charge in [0.1, 0.15) is 17.1 Å². The summed E-state index contributed by atoms with van der Waals surface area (Å²) in [6.07, 6.45) is 4.47. The van der Waals surface area contributed by atoms with Crippen LogP contribution < -0.4 is 10.2 Å². The Morgan fingerprint density at radius 2 is 1.62 bits per heavy atom. The van der Waals surface area contributed by atoms with Crippen molar-refractivity contribution in [1.82, 2.24) is 0 Å². The fourth-order valence-corrected chi connectivity index (χ4v) is 3.55. The number of fused-ring (bicyclic) bond motifs is 1. The standard InChI is InChI=1S/C24H27ClO3.C6H14/c1-5-7-18(6-2)27-19-12-13-20-21(14-19)28-24(15(3)4)22(23(20)26)16-8-10-17(25)11-9-16;1-5-6(2,3)4/h8-15,18H,5-7H2,1-4H3;5H2,1-4H3/t18-;/m1./s1. The molecule has 0 saturated heterocycles. The van der Waals surface area contributed by atoms with Crippen LogP contribution in [0.25, 0.3) is 22.1 Å². The lowest BCUT2D eigenvalue weighted by molar-refractivity contribution is 0.186. The Balaban J connectivity index is 0.000000604. The molecule has 0 aliphatic carbocycles. The van der Waals surface area contributed by atoms with E-state index in [0.717, 1.165) is 30.6 Å². The van der Waals surface area contributed by atoms with Crippen LogP contribution in [0.3, 0.4) is 0 Å². The van der Waals surface area contributed by atoms with E-state index < -0.39 is 0 Å². The molecule has 0 fully saturated rings. The Bertz CT molecular complexity index is 1100. The van der Waals surface area contributed by atoms with Crippen molar-refractivity contribution in [3.63, 3.8) is 0 Å². The van der Waals surface area contributed by atoms with Gasteiger partial charge in [-0.3, -0.25) is 4.79 Å². The quantitative estimate of drug-likeness (QED) is 0.335. The van der Waals surface area contributed by atoms with Gasteiger partial charge in [-0.2, -0.15) is 0 Å². The van der Waals surface area contributed by atoms with E-state index in [0.29, 0.717) is 32.7 Å². The topological polar surface area (TPSA) is 39.4 Å². The molecule has 186 valence electrons. The summed E-state index contributed by atoms with van der Waals surface area (Å²) in [7, 11) is 0. The molecule has 0 spiro atoms. The third-order valence-electron chi connectivity index (χ3n) is 5.98. The molecule has 0 aliphatic rings. The van der Waals surface area contributed by atoms with Gasteiger partial charge in [0, 0.05) is 17.0 Å². The molecule has 0 aliphatic heterocycles. The second kappa shape index (κ2) is 12.4. The predicted octanol–water partition coefficient (Wildman–Crippen LogP) is 9.64. The van der Waals surface area contributed by atoms with Crippen molar-refractivity contribution in [2.24, 2.45) is 5.41 Å². The van der Waals surface area contributed by atoms with Crippen molar-refractivity contribution < 1.29 is 9.15 Å². The van der Waals surface area contributed by atoms with Gasteiger partial charge in [-0.1, -0.05) is 92.0 Å². The fourth-order valence-electron chi connectivity index (χ4n) is 3.42. The number of hydrogen-bond donors (Lipinski definition) is 0. The van der Waals surface area contributed by atoms with Crippen LogP contribution in [-0.4, -0.2) is 6.10 Å². The third-order valence-corrected chi connectivity index (χ3v) is 6.23. The Labute approximate surface area is 210 Å². The highest BCUT2D eigenvalue weighted by Crippen LogP contribution is 2.32. The van der Waals surface area contributed by atoms with Crippen molar-refractivity contribution in [2.45, 2.75) is 93.1 Å². The van der Waals surface area contributed by atoms with Gasteiger partial charge in [0.2, 0.25) is 5.43 Å². The van der Waals surface area contributed by atoms with Gasteiger partial charge < -0.3 is 9.15 Å². The SMILES string of the molecule is CCC(C)(C)C.CCC[C@@H](CC)Oc1ccc2c(=O)c(-c3ccc(Cl)cc3)c(C(C)C)oc2c1. The van der Waals surface area contributed by atoms with Crippen LogP contribution >= 0.6 is 11.6 Å². The van der Waals surface area contributed by atoms with Gasteiger partial charge in [-0.15, -0.1) is 0 Å². The minimum Gasteiger partial charge on any atom is -0.490 e. The minimum absolute atomic E-state index is 0.0283. The number of ether oxygens (including phenoxy) is 1.